The molecule has 0 radical (unpaired) electrons. The van der Waals surface area contributed by atoms with Crippen molar-refractivity contribution < 1.29 is 9.53 Å². The van der Waals surface area contributed by atoms with E-state index in [0.29, 0.717) is 24.6 Å². The van der Waals surface area contributed by atoms with Crippen molar-refractivity contribution in [1.29, 1.82) is 0 Å². The molecular formula is C27H27N3O2S. The van der Waals surface area contributed by atoms with Gasteiger partial charge in [0, 0.05) is 31.7 Å². The number of aromatic nitrogens is 1. The average Bonchev–Trinajstić information content (AvgIpc) is 3.29. The Morgan fingerprint density at radius 2 is 1.58 bits per heavy atom. The lowest BCUT2D eigenvalue weighted by molar-refractivity contribution is 0.0747. The Hall–Kier alpha value is -3.38. The van der Waals surface area contributed by atoms with Gasteiger partial charge in [0.25, 0.3) is 5.91 Å². The lowest BCUT2D eigenvalue weighted by Gasteiger charge is -2.34. The Morgan fingerprint density at radius 3 is 2.27 bits per heavy atom. The molecule has 1 fully saturated rings. The van der Waals surface area contributed by atoms with Crippen molar-refractivity contribution in [1.82, 2.24) is 9.88 Å². The molecule has 5 nitrogen and oxygen atoms in total. The number of carbonyl (C=O) groups excluding carboxylic acids is 1. The van der Waals surface area contributed by atoms with Gasteiger partial charge < -0.3 is 14.5 Å². The maximum Gasteiger partial charge on any atom is 0.253 e. The van der Waals surface area contributed by atoms with E-state index in [1.165, 1.54) is 10.3 Å². The number of rotatable bonds is 5. The molecule has 5 rings (SSSR count). The second kappa shape index (κ2) is 9.24. The number of thiazole rings is 1. The first-order chi connectivity index (χ1) is 16.1. The van der Waals surface area contributed by atoms with Gasteiger partial charge in [-0.2, -0.15) is 0 Å². The molecule has 1 aliphatic rings. The summed E-state index contributed by atoms with van der Waals surface area (Å²) in [5, 5.41) is 1.05. The van der Waals surface area contributed by atoms with Gasteiger partial charge >= 0.3 is 0 Å². The van der Waals surface area contributed by atoms with E-state index in [0.717, 1.165) is 35.2 Å². The van der Waals surface area contributed by atoms with Crippen LogP contribution in [0.25, 0.3) is 10.2 Å². The van der Waals surface area contributed by atoms with Crippen LogP contribution in [0.3, 0.4) is 0 Å². The molecule has 0 N–H and O–H groups in total. The third-order valence-electron chi connectivity index (χ3n) is 5.98. The minimum atomic E-state index is 0.0623. The Labute approximate surface area is 198 Å². The number of carbonyl (C=O) groups is 1. The quantitative estimate of drug-likeness (QED) is 0.359. The van der Waals surface area contributed by atoms with Crippen molar-refractivity contribution in [3.63, 3.8) is 0 Å². The SMILES string of the molecule is CC(C)c1cccc2sc(N3CCN(C(=O)c4ccc(Oc5ccccc5)cc4)CC3)nc12. The summed E-state index contributed by atoms with van der Waals surface area (Å²) < 4.78 is 7.06. The molecule has 1 aliphatic heterocycles. The summed E-state index contributed by atoms with van der Waals surface area (Å²) in [6.45, 7) is 7.37. The zero-order valence-electron chi connectivity index (χ0n) is 18.9. The number of hydrogen-bond acceptors (Lipinski definition) is 5. The smallest absolute Gasteiger partial charge is 0.253 e. The molecule has 33 heavy (non-hydrogen) atoms. The zero-order chi connectivity index (χ0) is 22.8. The van der Waals surface area contributed by atoms with Crippen molar-refractivity contribution >= 4 is 32.6 Å². The predicted molar refractivity (Wildman–Crippen MR) is 135 cm³/mol. The van der Waals surface area contributed by atoms with Gasteiger partial charge in [0.1, 0.15) is 11.5 Å². The van der Waals surface area contributed by atoms with Crippen LogP contribution in [0.5, 0.6) is 11.5 Å². The molecule has 0 saturated carbocycles. The highest BCUT2D eigenvalue weighted by Gasteiger charge is 2.24. The number of benzene rings is 3. The molecule has 0 unspecified atom stereocenters. The molecule has 2 heterocycles. The minimum Gasteiger partial charge on any atom is -0.457 e. The summed E-state index contributed by atoms with van der Waals surface area (Å²) in [5.74, 6) is 2.01. The van der Waals surface area contributed by atoms with E-state index < -0.39 is 0 Å². The molecular weight excluding hydrogens is 430 g/mol. The second-order valence-electron chi connectivity index (χ2n) is 8.56. The van der Waals surface area contributed by atoms with Crippen molar-refractivity contribution in [2.24, 2.45) is 0 Å². The predicted octanol–water partition coefficient (Wildman–Crippen LogP) is 6.17. The molecule has 3 aromatic carbocycles. The standard InChI is InChI=1S/C27H27N3O2S/c1-19(2)23-9-6-10-24-25(23)28-27(33-24)30-17-15-29(16-18-30)26(31)20-11-13-22(14-12-20)32-21-7-4-3-5-8-21/h3-14,19H,15-18H2,1-2H3. The topological polar surface area (TPSA) is 45.7 Å². The van der Waals surface area contributed by atoms with Crippen LogP contribution in [-0.2, 0) is 0 Å². The number of ether oxygens (including phenoxy) is 1. The first kappa shape index (κ1) is 21.5. The lowest BCUT2D eigenvalue weighted by Crippen LogP contribution is -2.48. The first-order valence-corrected chi connectivity index (χ1v) is 12.2. The number of para-hydroxylation sites is 2. The van der Waals surface area contributed by atoms with E-state index in [2.05, 4.69) is 36.9 Å². The van der Waals surface area contributed by atoms with Crippen molar-refractivity contribution in [3.05, 3.63) is 83.9 Å². The molecule has 4 aromatic rings. The van der Waals surface area contributed by atoms with Crippen LogP contribution in [0.1, 0.15) is 35.7 Å². The van der Waals surface area contributed by atoms with Crippen LogP contribution < -0.4 is 9.64 Å². The maximum absolute atomic E-state index is 13.0. The molecule has 0 bridgehead atoms. The number of fused-ring (bicyclic) bond motifs is 1. The first-order valence-electron chi connectivity index (χ1n) is 11.3. The van der Waals surface area contributed by atoms with Crippen molar-refractivity contribution in [2.75, 3.05) is 31.1 Å². The number of nitrogens with zero attached hydrogens (tertiary/aromatic N) is 3. The molecule has 0 spiro atoms. The van der Waals surface area contributed by atoms with Gasteiger partial charge in [-0.3, -0.25) is 4.79 Å². The van der Waals surface area contributed by atoms with Gasteiger partial charge in [-0.1, -0.05) is 55.5 Å². The van der Waals surface area contributed by atoms with Crippen LogP contribution in [0, 0.1) is 0 Å². The Kier molecular flexibility index (Phi) is 6.01. The molecule has 1 aromatic heterocycles. The van der Waals surface area contributed by atoms with Crippen LogP contribution in [0.4, 0.5) is 5.13 Å². The molecule has 168 valence electrons. The van der Waals surface area contributed by atoms with Crippen molar-refractivity contribution in [3.8, 4) is 11.5 Å². The third-order valence-corrected chi connectivity index (χ3v) is 7.06. The summed E-state index contributed by atoms with van der Waals surface area (Å²) in [4.78, 5) is 22.2. The largest absolute Gasteiger partial charge is 0.457 e. The lowest BCUT2D eigenvalue weighted by atomic mass is 10.0. The fraction of sp³-hybridized carbons (Fsp3) is 0.259. The minimum absolute atomic E-state index is 0.0623. The molecule has 0 aliphatic carbocycles. The van der Waals surface area contributed by atoms with Crippen LogP contribution in [-0.4, -0.2) is 42.0 Å². The van der Waals surface area contributed by atoms with Crippen LogP contribution in [0.15, 0.2) is 72.8 Å². The monoisotopic (exact) mass is 457 g/mol. The van der Waals surface area contributed by atoms with Gasteiger partial charge in [-0.25, -0.2) is 4.98 Å². The number of hydrogen-bond donors (Lipinski definition) is 0. The van der Waals surface area contributed by atoms with E-state index in [1.54, 1.807) is 11.3 Å². The normalized spacial score (nSPS) is 14.2. The number of amides is 1. The van der Waals surface area contributed by atoms with E-state index in [4.69, 9.17) is 9.72 Å². The van der Waals surface area contributed by atoms with Crippen LogP contribution in [0.2, 0.25) is 0 Å². The summed E-state index contributed by atoms with van der Waals surface area (Å²) in [7, 11) is 0. The summed E-state index contributed by atoms with van der Waals surface area (Å²) in [6.07, 6.45) is 0. The average molecular weight is 458 g/mol. The van der Waals surface area contributed by atoms with E-state index in [-0.39, 0.29) is 5.91 Å². The van der Waals surface area contributed by atoms with Crippen LogP contribution >= 0.6 is 11.3 Å². The summed E-state index contributed by atoms with van der Waals surface area (Å²) in [6, 6.07) is 23.5. The highest BCUT2D eigenvalue weighted by atomic mass is 32.1. The van der Waals surface area contributed by atoms with E-state index >= 15 is 0 Å². The zero-order valence-corrected chi connectivity index (χ0v) is 19.7. The summed E-state index contributed by atoms with van der Waals surface area (Å²) >= 11 is 1.74. The molecule has 1 amide bonds. The van der Waals surface area contributed by atoms with Crippen molar-refractivity contribution in [2.45, 2.75) is 19.8 Å². The van der Waals surface area contributed by atoms with Gasteiger partial charge in [0.2, 0.25) is 0 Å². The van der Waals surface area contributed by atoms with E-state index in [9.17, 15) is 4.79 Å². The van der Waals surface area contributed by atoms with Gasteiger partial charge in [0.05, 0.1) is 10.2 Å². The molecule has 1 saturated heterocycles. The molecule has 6 heteroatoms. The third kappa shape index (κ3) is 4.57. The second-order valence-corrected chi connectivity index (χ2v) is 9.57. The Balaban J connectivity index is 1.22. The highest BCUT2D eigenvalue weighted by Crippen LogP contribution is 2.34. The van der Waals surface area contributed by atoms with Gasteiger partial charge in [0.15, 0.2) is 5.13 Å². The fourth-order valence-corrected chi connectivity index (χ4v) is 5.18. The van der Waals surface area contributed by atoms with E-state index in [1.807, 2.05) is 59.5 Å². The highest BCUT2D eigenvalue weighted by molar-refractivity contribution is 7.22. The summed E-state index contributed by atoms with van der Waals surface area (Å²) in [5.41, 5.74) is 3.10. The molecule has 0 atom stereocenters. The Morgan fingerprint density at radius 1 is 0.879 bits per heavy atom. The van der Waals surface area contributed by atoms with Gasteiger partial charge in [-0.05, 0) is 53.9 Å². The number of anilines is 1. The van der Waals surface area contributed by atoms with Gasteiger partial charge in [-0.15, -0.1) is 0 Å². The number of piperazine rings is 1. The maximum atomic E-state index is 13.0. The fourth-order valence-electron chi connectivity index (χ4n) is 4.13. The Bertz CT molecular complexity index is 1240.